The van der Waals surface area contributed by atoms with E-state index in [1.54, 1.807) is 0 Å². The molecule has 1 aromatic carbocycles. The molecule has 0 fully saturated rings. The molecule has 2 atom stereocenters. The first-order chi connectivity index (χ1) is 8.67. The number of thiol groups is 1. The lowest BCUT2D eigenvalue weighted by Gasteiger charge is -2.19. The minimum atomic E-state index is -0.143. The highest BCUT2D eigenvalue weighted by atomic mass is 79.9. The first-order valence-corrected chi connectivity index (χ1v) is 7.03. The number of hydrogen-bond donors (Lipinski definition) is 2. The molecule has 0 aliphatic carbocycles. The van der Waals surface area contributed by atoms with E-state index in [2.05, 4.69) is 28.6 Å². The Kier molecular flexibility index (Phi) is 7.58. The van der Waals surface area contributed by atoms with E-state index in [0.29, 0.717) is 19.6 Å². The van der Waals surface area contributed by atoms with E-state index in [1.165, 1.54) is 0 Å². The maximum Gasteiger partial charge on any atom is 0.120 e. The van der Waals surface area contributed by atoms with Crippen LogP contribution in [0, 0.1) is 5.92 Å². The molecule has 0 aromatic heterocycles. The van der Waals surface area contributed by atoms with Crippen molar-refractivity contribution in [1.29, 1.82) is 0 Å². The van der Waals surface area contributed by atoms with E-state index < -0.39 is 0 Å². The van der Waals surface area contributed by atoms with Gasteiger partial charge in [0, 0.05) is 28.7 Å². The third kappa shape index (κ3) is 5.52. The number of halogens is 1. The van der Waals surface area contributed by atoms with Crippen LogP contribution in [0.5, 0.6) is 0 Å². The molecule has 5 heteroatoms. The number of aldehydes is 1. The molecule has 0 amide bonds. The summed E-state index contributed by atoms with van der Waals surface area (Å²) in [6.45, 7) is 0.871. The third-order valence-corrected chi connectivity index (χ3v) is 3.75. The fourth-order valence-corrected chi connectivity index (χ4v) is 2.08. The van der Waals surface area contributed by atoms with Crippen LogP contribution in [0.4, 0.5) is 0 Å². The van der Waals surface area contributed by atoms with Crippen molar-refractivity contribution in [3.63, 3.8) is 0 Å². The van der Waals surface area contributed by atoms with Gasteiger partial charge in [-0.05, 0) is 17.7 Å². The Hall–Kier alpha value is -0.360. The smallest absolute Gasteiger partial charge is 0.120 e. The van der Waals surface area contributed by atoms with Crippen LogP contribution in [0.3, 0.4) is 0 Å². The molecule has 0 aliphatic heterocycles. The summed E-state index contributed by atoms with van der Waals surface area (Å²) >= 11 is 7.72. The van der Waals surface area contributed by atoms with Crippen LogP contribution in [-0.4, -0.2) is 29.9 Å². The molecule has 0 unspecified atom stereocenters. The maximum absolute atomic E-state index is 10.4. The number of aliphatic hydroxyl groups excluding tert-OH is 1. The Balaban J connectivity index is 2.32. The van der Waals surface area contributed by atoms with Crippen LogP contribution in [0.1, 0.15) is 12.0 Å². The fraction of sp³-hybridized carbons (Fsp3) is 0.462. The third-order valence-electron chi connectivity index (χ3n) is 2.65. The molecule has 0 spiro atoms. The molecule has 0 saturated heterocycles. The summed E-state index contributed by atoms with van der Waals surface area (Å²) in [5, 5.41) is 8.98. The van der Waals surface area contributed by atoms with Gasteiger partial charge in [0.25, 0.3) is 0 Å². The van der Waals surface area contributed by atoms with Gasteiger partial charge >= 0.3 is 0 Å². The zero-order valence-electron chi connectivity index (χ0n) is 9.96. The van der Waals surface area contributed by atoms with Gasteiger partial charge in [0.1, 0.15) is 6.29 Å². The summed E-state index contributed by atoms with van der Waals surface area (Å²) < 4.78 is 6.56. The number of rotatable bonds is 8. The molecule has 1 aromatic rings. The lowest BCUT2D eigenvalue weighted by atomic mass is 10.0. The van der Waals surface area contributed by atoms with E-state index in [1.807, 2.05) is 24.3 Å². The Labute approximate surface area is 121 Å². The van der Waals surface area contributed by atoms with Crippen molar-refractivity contribution >= 4 is 34.8 Å². The van der Waals surface area contributed by atoms with Gasteiger partial charge < -0.3 is 14.6 Å². The molecular formula is C13H17BrO3S. The number of carbonyl (C=O) groups excluding carboxylic acids is 1. The van der Waals surface area contributed by atoms with Crippen molar-refractivity contribution in [1.82, 2.24) is 0 Å². The van der Waals surface area contributed by atoms with Gasteiger partial charge in [-0.3, -0.25) is 0 Å². The van der Waals surface area contributed by atoms with E-state index in [4.69, 9.17) is 9.84 Å². The van der Waals surface area contributed by atoms with Crippen molar-refractivity contribution in [2.24, 2.45) is 5.92 Å². The highest BCUT2D eigenvalue weighted by Gasteiger charge is 2.16. The molecule has 100 valence electrons. The maximum atomic E-state index is 10.4. The molecule has 1 N–H and O–H groups in total. The number of ether oxygens (including phenoxy) is 1. The zero-order valence-corrected chi connectivity index (χ0v) is 12.4. The lowest BCUT2D eigenvalue weighted by Crippen LogP contribution is -2.24. The van der Waals surface area contributed by atoms with E-state index in [-0.39, 0.29) is 17.8 Å². The van der Waals surface area contributed by atoms with Crippen molar-refractivity contribution in [2.45, 2.75) is 18.3 Å². The fourth-order valence-electron chi connectivity index (χ4n) is 1.49. The van der Waals surface area contributed by atoms with Crippen LogP contribution in [-0.2, 0) is 16.1 Å². The Morgan fingerprint density at radius 3 is 2.61 bits per heavy atom. The van der Waals surface area contributed by atoms with Gasteiger partial charge in [0.15, 0.2) is 0 Å². The summed E-state index contributed by atoms with van der Waals surface area (Å²) in [5.74, 6) is -0.143. The van der Waals surface area contributed by atoms with Crippen LogP contribution in [0.25, 0.3) is 0 Å². The van der Waals surface area contributed by atoms with Crippen LogP contribution >= 0.6 is 28.6 Å². The Morgan fingerprint density at radius 2 is 2.06 bits per heavy atom. The van der Waals surface area contributed by atoms with Crippen molar-refractivity contribution in [2.75, 3.05) is 13.2 Å². The lowest BCUT2D eigenvalue weighted by molar-refractivity contribution is -0.109. The van der Waals surface area contributed by atoms with Crippen molar-refractivity contribution < 1.29 is 14.6 Å². The van der Waals surface area contributed by atoms with Gasteiger partial charge in [0.2, 0.25) is 0 Å². The van der Waals surface area contributed by atoms with Crippen LogP contribution in [0.2, 0.25) is 0 Å². The molecule has 1 rings (SSSR count). The molecule has 0 saturated carbocycles. The molecular weight excluding hydrogens is 316 g/mol. The first kappa shape index (κ1) is 15.7. The molecule has 0 radical (unpaired) electrons. The number of carbonyl (C=O) groups is 1. The average Bonchev–Trinajstić information content (AvgIpc) is 2.38. The summed E-state index contributed by atoms with van der Waals surface area (Å²) in [5.41, 5.74) is 1.08. The van der Waals surface area contributed by atoms with Crippen LogP contribution in [0.15, 0.2) is 28.7 Å². The van der Waals surface area contributed by atoms with Gasteiger partial charge in [-0.15, -0.1) is 0 Å². The summed E-state index contributed by atoms with van der Waals surface area (Å²) in [6, 6.07) is 7.87. The highest BCUT2D eigenvalue weighted by molar-refractivity contribution is 9.10. The Morgan fingerprint density at radius 1 is 1.39 bits per heavy atom. The standard InChI is InChI=1S/C13H17BrO3S/c14-12-3-1-10(2-4-12)8-17-9-13(18)11(7-16)5-6-15/h1-4,6,11,13,16,18H,5,7-9H2/t11-,13-/m1/s1. The SMILES string of the molecule is O=CC[C@H](CO)[C@H](S)COCc1ccc(Br)cc1. The zero-order chi connectivity index (χ0) is 13.4. The number of aliphatic hydroxyl groups is 1. The molecule has 3 nitrogen and oxygen atoms in total. The minimum absolute atomic E-state index is 0.0471. The van der Waals surface area contributed by atoms with Crippen LogP contribution < -0.4 is 0 Å². The average molecular weight is 333 g/mol. The van der Waals surface area contributed by atoms with Gasteiger partial charge in [-0.25, -0.2) is 0 Å². The second kappa shape index (κ2) is 8.69. The highest BCUT2D eigenvalue weighted by Crippen LogP contribution is 2.15. The number of benzene rings is 1. The predicted molar refractivity (Wildman–Crippen MR) is 77.8 cm³/mol. The number of hydrogen-bond acceptors (Lipinski definition) is 4. The summed E-state index contributed by atoms with van der Waals surface area (Å²) in [7, 11) is 0. The molecule has 0 bridgehead atoms. The Bertz CT molecular complexity index is 356. The van der Waals surface area contributed by atoms with Gasteiger partial charge in [-0.2, -0.15) is 12.6 Å². The molecule has 0 heterocycles. The van der Waals surface area contributed by atoms with Crippen molar-refractivity contribution in [3.8, 4) is 0 Å². The second-order valence-corrected chi connectivity index (χ2v) is 5.63. The summed E-state index contributed by atoms with van der Waals surface area (Å²) in [4.78, 5) is 10.4. The van der Waals surface area contributed by atoms with Gasteiger partial charge in [0.05, 0.1) is 13.2 Å². The molecule has 0 aliphatic rings. The van der Waals surface area contributed by atoms with E-state index >= 15 is 0 Å². The van der Waals surface area contributed by atoms with Crippen molar-refractivity contribution in [3.05, 3.63) is 34.3 Å². The van der Waals surface area contributed by atoms with Gasteiger partial charge in [-0.1, -0.05) is 28.1 Å². The molecule has 18 heavy (non-hydrogen) atoms. The predicted octanol–water partition coefficient (Wildman–Crippen LogP) is 2.46. The summed E-state index contributed by atoms with van der Waals surface area (Å²) in [6.07, 6.45) is 1.12. The monoisotopic (exact) mass is 332 g/mol. The van der Waals surface area contributed by atoms with E-state index in [9.17, 15) is 4.79 Å². The quantitative estimate of drug-likeness (QED) is 0.567. The topological polar surface area (TPSA) is 46.5 Å². The largest absolute Gasteiger partial charge is 0.396 e. The van der Waals surface area contributed by atoms with E-state index in [0.717, 1.165) is 16.3 Å². The normalized spacial score (nSPS) is 14.2. The minimum Gasteiger partial charge on any atom is -0.396 e. The second-order valence-electron chi connectivity index (χ2n) is 4.05. The first-order valence-electron chi connectivity index (χ1n) is 5.72.